The molecular formula is C11H13NO3. The average molecular weight is 207 g/mol. The number of rotatable bonds is 0. The molecule has 0 fully saturated rings. The SMILES string of the molecule is CN1C(=O)C(C)(C)Oc2cc(O)ccc21. The lowest BCUT2D eigenvalue weighted by molar-refractivity contribution is -0.132. The Kier molecular flexibility index (Phi) is 1.89. The molecule has 80 valence electrons. The van der Waals surface area contributed by atoms with Crippen LogP contribution < -0.4 is 9.64 Å². The molecule has 0 spiro atoms. The van der Waals surface area contributed by atoms with Gasteiger partial charge < -0.3 is 14.7 Å². The molecule has 0 saturated heterocycles. The normalized spacial score (nSPS) is 18.3. The van der Waals surface area contributed by atoms with Crippen molar-refractivity contribution in [2.75, 3.05) is 11.9 Å². The minimum absolute atomic E-state index is 0.0966. The Hall–Kier alpha value is -1.71. The monoisotopic (exact) mass is 207 g/mol. The lowest BCUT2D eigenvalue weighted by Crippen LogP contribution is -2.50. The van der Waals surface area contributed by atoms with Gasteiger partial charge in [-0.25, -0.2) is 0 Å². The maximum absolute atomic E-state index is 11.8. The first-order chi connectivity index (χ1) is 6.92. The van der Waals surface area contributed by atoms with Gasteiger partial charge in [0.1, 0.15) is 11.5 Å². The standard InChI is InChI=1S/C11H13NO3/c1-11(2)10(14)12(3)8-5-4-7(13)6-9(8)15-11/h4-6,13H,1-3H3. The first-order valence-corrected chi connectivity index (χ1v) is 4.72. The molecular weight excluding hydrogens is 194 g/mol. The molecule has 2 rings (SSSR count). The number of phenolic OH excluding ortho intramolecular Hbond substituents is 1. The lowest BCUT2D eigenvalue weighted by atomic mass is 10.0. The van der Waals surface area contributed by atoms with Crippen LogP contribution in [0.3, 0.4) is 0 Å². The number of nitrogens with zero attached hydrogens (tertiary/aromatic N) is 1. The molecule has 4 nitrogen and oxygen atoms in total. The van der Waals surface area contributed by atoms with E-state index in [1.165, 1.54) is 17.0 Å². The Morgan fingerprint density at radius 2 is 2.07 bits per heavy atom. The maximum atomic E-state index is 11.8. The highest BCUT2D eigenvalue weighted by Crippen LogP contribution is 2.38. The molecule has 0 bridgehead atoms. The zero-order chi connectivity index (χ0) is 11.2. The molecule has 0 aromatic heterocycles. The summed E-state index contributed by atoms with van der Waals surface area (Å²) in [5, 5.41) is 9.33. The van der Waals surface area contributed by atoms with E-state index in [-0.39, 0.29) is 11.7 Å². The van der Waals surface area contributed by atoms with Crippen LogP contribution in [0.25, 0.3) is 0 Å². The van der Waals surface area contributed by atoms with E-state index in [1.54, 1.807) is 27.0 Å². The van der Waals surface area contributed by atoms with Crippen LogP contribution in [0.4, 0.5) is 5.69 Å². The quantitative estimate of drug-likeness (QED) is 0.701. The second-order valence-electron chi connectivity index (χ2n) is 4.13. The number of fused-ring (bicyclic) bond motifs is 1. The van der Waals surface area contributed by atoms with Crippen LogP contribution in [0.2, 0.25) is 0 Å². The largest absolute Gasteiger partial charge is 0.508 e. The summed E-state index contributed by atoms with van der Waals surface area (Å²) in [5.41, 5.74) is -0.202. The van der Waals surface area contributed by atoms with Gasteiger partial charge in [-0.3, -0.25) is 4.79 Å². The predicted molar refractivity (Wildman–Crippen MR) is 56.2 cm³/mol. The van der Waals surface area contributed by atoms with Gasteiger partial charge in [-0.1, -0.05) is 0 Å². The number of hydrogen-bond acceptors (Lipinski definition) is 3. The molecule has 15 heavy (non-hydrogen) atoms. The number of benzene rings is 1. The van der Waals surface area contributed by atoms with Gasteiger partial charge in [-0.2, -0.15) is 0 Å². The number of carbonyl (C=O) groups excluding carboxylic acids is 1. The Labute approximate surface area is 88.1 Å². The molecule has 4 heteroatoms. The summed E-state index contributed by atoms with van der Waals surface area (Å²) in [6.07, 6.45) is 0. The van der Waals surface area contributed by atoms with Gasteiger partial charge in [-0.05, 0) is 26.0 Å². The third kappa shape index (κ3) is 1.42. The molecule has 1 aromatic carbocycles. The van der Waals surface area contributed by atoms with Crippen LogP contribution >= 0.6 is 0 Å². The fourth-order valence-electron chi connectivity index (χ4n) is 1.69. The van der Waals surface area contributed by atoms with E-state index in [9.17, 15) is 9.90 Å². The number of carbonyl (C=O) groups is 1. The van der Waals surface area contributed by atoms with Crippen LogP contribution in [0.15, 0.2) is 18.2 Å². The second-order valence-corrected chi connectivity index (χ2v) is 4.13. The summed E-state index contributed by atoms with van der Waals surface area (Å²) in [4.78, 5) is 13.4. The Balaban J connectivity index is 2.55. The summed E-state index contributed by atoms with van der Waals surface area (Å²) in [6.45, 7) is 3.41. The van der Waals surface area contributed by atoms with Crippen LogP contribution in [0.5, 0.6) is 11.5 Å². The number of anilines is 1. The minimum atomic E-state index is -0.879. The third-order valence-electron chi connectivity index (χ3n) is 2.49. The first kappa shape index (κ1) is 9.83. The van der Waals surface area contributed by atoms with E-state index in [2.05, 4.69) is 0 Å². The highest BCUT2D eigenvalue weighted by atomic mass is 16.5. The van der Waals surface area contributed by atoms with Crippen molar-refractivity contribution in [1.29, 1.82) is 0 Å². The lowest BCUT2D eigenvalue weighted by Gasteiger charge is -2.36. The number of amides is 1. The third-order valence-corrected chi connectivity index (χ3v) is 2.49. The molecule has 1 heterocycles. The van der Waals surface area contributed by atoms with Crippen molar-refractivity contribution in [3.8, 4) is 11.5 Å². The van der Waals surface area contributed by atoms with Gasteiger partial charge in [0.25, 0.3) is 5.91 Å². The summed E-state index contributed by atoms with van der Waals surface area (Å²) in [6, 6.07) is 4.71. The molecule has 0 atom stereocenters. The molecule has 1 aliphatic heterocycles. The molecule has 0 aliphatic carbocycles. The van der Waals surface area contributed by atoms with Gasteiger partial charge >= 0.3 is 0 Å². The molecule has 0 radical (unpaired) electrons. The summed E-state index contributed by atoms with van der Waals surface area (Å²) in [7, 11) is 1.70. The highest BCUT2D eigenvalue weighted by molar-refractivity contribution is 6.01. The topological polar surface area (TPSA) is 49.8 Å². The van der Waals surface area contributed by atoms with E-state index in [0.717, 1.165) is 0 Å². The molecule has 1 aromatic rings. The zero-order valence-electron chi connectivity index (χ0n) is 8.94. The molecule has 1 amide bonds. The Morgan fingerprint density at radius 3 is 2.73 bits per heavy atom. The van der Waals surface area contributed by atoms with E-state index in [0.29, 0.717) is 11.4 Å². The van der Waals surface area contributed by atoms with Gasteiger partial charge in [0, 0.05) is 13.1 Å². The van der Waals surface area contributed by atoms with E-state index in [4.69, 9.17) is 4.74 Å². The van der Waals surface area contributed by atoms with E-state index < -0.39 is 5.60 Å². The van der Waals surface area contributed by atoms with Gasteiger partial charge in [0.2, 0.25) is 0 Å². The van der Waals surface area contributed by atoms with Crippen molar-refractivity contribution in [3.63, 3.8) is 0 Å². The fourth-order valence-corrected chi connectivity index (χ4v) is 1.69. The van der Waals surface area contributed by atoms with Crippen molar-refractivity contribution in [2.45, 2.75) is 19.4 Å². The molecule has 0 unspecified atom stereocenters. The number of likely N-dealkylation sites (N-methyl/N-ethyl adjacent to an activating group) is 1. The number of aromatic hydroxyl groups is 1. The summed E-state index contributed by atoms with van der Waals surface area (Å²) >= 11 is 0. The number of ether oxygens (including phenoxy) is 1. The van der Waals surface area contributed by atoms with Crippen molar-refractivity contribution < 1.29 is 14.6 Å². The van der Waals surface area contributed by atoms with Gasteiger partial charge in [-0.15, -0.1) is 0 Å². The van der Waals surface area contributed by atoms with E-state index in [1.807, 2.05) is 0 Å². The zero-order valence-corrected chi connectivity index (χ0v) is 8.94. The van der Waals surface area contributed by atoms with Crippen LogP contribution in [0.1, 0.15) is 13.8 Å². The van der Waals surface area contributed by atoms with Gasteiger partial charge in [0.05, 0.1) is 5.69 Å². The summed E-state index contributed by atoms with van der Waals surface area (Å²) < 4.78 is 5.53. The minimum Gasteiger partial charge on any atom is -0.508 e. The first-order valence-electron chi connectivity index (χ1n) is 4.72. The molecule has 0 saturated carbocycles. The highest BCUT2D eigenvalue weighted by Gasteiger charge is 2.39. The molecule has 1 N–H and O–H groups in total. The smallest absolute Gasteiger partial charge is 0.270 e. The Morgan fingerprint density at radius 1 is 1.40 bits per heavy atom. The van der Waals surface area contributed by atoms with Crippen molar-refractivity contribution in [3.05, 3.63) is 18.2 Å². The van der Waals surface area contributed by atoms with Crippen molar-refractivity contribution >= 4 is 11.6 Å². The van der Waals surface area contributed by atoms with Crippen LogP contribution in [-0.4, -0.2) is 23.7 Å². The molecule has 1 aliphatic rings. The van der Waals surface area contributed by atoms with E-state index >= 15 is 0 Å². The van der Waals surface area contributed by atoms with Crippen molar-refractivity contribution in [2.24, 2.45) is 0 Å². The Bertz CT molecular complexity index is 426. The van der Waals surface area contributed by atoms with Crippen LogP contribution in [-0.2, 0) is 4.79 Å². The maximum Gasteiger partial charge on any atom is 0.270 e. The number of hydrogen-bond donors (Lipinski definition) is 1. The second kappa shape index (κ2) is 2.89. The summed E-state index contributed by atoms with van der Waals surface area (Å²) in [5.74, 6) is 0.565. The van der Waals surface area contributed by atoms with Crippen LogP contribution in [0, 0.1) is 0 Å². The fraction of sp³-hybridized carbons (Fsp3) is 0.364. The predicted octanol–water partition coefficient (Wildman–Crippen LogP) is 1.53. The average Bonchev–Trinajstić information content (AvgIpc) is 2.13. The van der Waals surface area contributed by atoms with Gasteiger partial charge in [0.15, 0.2) is 5.60 Å². The number of phenols is 1. The van der Waals surface area contributed by atoms with Crippen molar-refractivity contribution in [1.82, 2.24) is 0 Å².